The maximum Gasteiger partial charge on any atom is 0.416 e. The number of nitrogens with zero attached hydrogens (tertiary/aromatic N) is 3. The first-order valence-electron chi connectivity index (χ1n) is 8.03. The van der Waals surface area contributed by atoms with Gasteiger partial charge in [-0.3, -0.25) is 0 Å². The van der Waals surface area contributed by atoms with Gasteiger partial charge in [0, 0.05) is 10.5 Å². The second kappa shape index (κ2) is 7.97. The molecule has 0 unspecified atom stereocenters. The Hall–Kier alpha value is -2.94. The molecule has 5 nitrogen and oxygen atoms in total. The minimum atomic E-state index is -4.47. The molecule has 9 heteroatoms. The normalized spacial score (nSPS) is 11.3. The third-order valence-corrected chi connectivity index (χ3v) is 4.91. The van der Waals surface area contributed by atoms with Gasteiger partial charge in [0.2, 0.25) is 0 Å². The van der Waals surface area contributed by atoms with Crippen molar-refractivity contribution in [2.45, 2.75) is 23.0 Å². The van der Waals surface area contributed by atoms with E-state index in [9.17, 15) is 18.0 Å². The van der Waals surface area contributed by atoms with Crippen LogP contribution in [0.25, 0.3) is 11.4 Å². The Kier molecular flexibility index (Phi) is 5.64. The minimum Gasteiger partial charge on any atom is -0.465 e. The summed E-state index contributed by atoms with van der Waals surface area (Å²) in [7, 11) is 1.28. The first-order valence-corrected chi connectivity index (χ1v) is 8.85. The van der Waals surface area contributed by atoms with Gasteiger partial charge in [-0.25, -0.2) is 9.78 Å². The van der Waals surface area contributed by atoms with Gasteiger partial charge in [-0.15, -0.1) is 5.10 Å². The number of carbonyl (C=O) groups is 1. The Bertz CT molecular complexity index is 1030. The zero-order valence-corrected chi connectivity index (χ0v) is 15.6. The lowest BCUT2D eigenvalue weighted by atomic mass is 10.1. The fourth-order valence-electron chi connectivity index (χ4n) is 2.36. The molecule has 0 amide bonds. The number of aromatic nitrogens is 3. The van der Waals surface area contributed by atoms with Crippen LogP contribution in [-0.2, 0) is 10.9 Å². The zero-order valence-electron chi connectivity index (χ0n) is 14.8. The number of halogens is 3. The Morgan fingerprint density at radius 1 is 1.07 bits per heavy atom. The van der Waals surface area contributed by atoms with Crippen molar-refractivity contribution in [2.24, 2.45) is 0 Å². The summed E-state index contributed by atoms with van der Waals surface area (Å²) in [6.07, 6.45) is -4.47. The van der Waals surface area contributed by atoms with Crippen molar-refractivity contribution >= 4 is 17.7 Å². The van der Waals surface area contributed by atoms with Crippen LogP contribution in [-0.4, -0.2) is 28.3 Å². The molecule has 2 aromatic carbocycles. The van der Waals surface area contributed by atoms with E-state index in [-0.39, 0.29) is 11.4 Å². The summed E-state index contributed by atoms with van der Waals surface area (Å²) in [6.45, 7) is 1.68. The smallest absolute Gasteiger partial charge is 0.416 e. The third-order valence-electron chi connectivity index (χ3n) is 3.76. The van der Waals surface area contributed by atoms with E-state index in [1.807, 2.05) is 0 Å². The van der Waals surface area contributed by atoms with Crippen LogP contribution in [0.1, 0.15) is 21.6 Å². The number of benzene rings is 2. The van der Waals surface area contributed by atoms with Crippen LogP contribution in [0, 0.1) is 6.92 Å². The van der Waals surface area contributed by atoms with Crippen molar-refractivity contribution in [3.05, 3.63) is 65.4 Å². The van der Waals surface area contributed by atoms with Crippen LogP contribution in [0.5, 0.6) is 0 Å². The number of carbonyl (C=O) groups excluding carboxylic acids is 1. The standard InChI is InChI=1S/C19H14F3N3O2S/c1-11-17(28-15-9-4-3-8-14(15)18(26)27-2)23-16(25-24-11)12-6-5-7-13(10-12)19(20,21)22/h3-10H,1-2H3. The molecule has 0 radical (unpaired) electrons. The molecule has 144 valence electrons. The second-order valence-electron chi connectivity index (χ2n) is 5.69. The SMILES string of the molecule is COC(=O)c1ccccc1Sc1nc(-c2cccc(C(F)(F)F)c2)nnc1C. The summed E-state index contributed by atoms with van der Waals surface area (Å²) in [4.78, 5) is 16.9. The van der Waals surface area contributed by atoms with E-state index in [1.165, 1.54) is 31.0 Å². The quantitative estimate of drug-likeness (QED) is 0.581. The highest BCUT2D eigenvalue weighted by atomic mass is 32.2. The van der Waals surface area contributed by atoms with Crippen molar-refractivity contribution < 1.29 is 22.7 Å². The largest absolute Gasteiger partial charge is 0.465 e. The Morgan fingerprint density at radius 3 is 2.54 bits per heavy atom. The van der Waals surface area contributed by atoms with E-state index in [1.54, 1.807) is 31.2 Å². The highest BCUT2D eigenvalue weighted by Crippen LogP contribution is 2.34. The molecule has 0 saturated carbocycles. The number of aryl methyl sites for hydroxylation is 1. The number of alkyl halides is 3. The highest BCUT2D eigenvalue weighted by Gasteiger charge is 2.30. The molecular weight excluding hydrogens is 391 g/mol. The fraction of sp³-hybridized carbons (Fsp3) is 0.158. The topological polar surface area (TPSA) is 65.0 Å². The van der Waals surface area contributed by atoms with E-state index in [0.717, 1.165) is 12.1 Å². The van der Waals surface area contributed by atoms with Crippen LogP contribution < -0.4 is 0 Å². The molecule has 3 rings (SSSR count). The Labute approximate surface area is 163 Å². The van der Waals surface area contributed by atoms with Crippen LogP contribution >= 0.6 is 11.8 Å². The summed E-state index contributed by atoms with van der Waals surface area (Å²) >= 11 is 1.17. The summed E-state index contributed by atoms with van der Waals surface area (Å²) in [6, 6.07) is 11.5. The maximum absolute atomic E-state index is 13.0. The fourth-order valence-corrected chi connectivity index (χ4v) is 3.29. The molecule has 0 N–H and O–H groups in total. The van der Waals surface area contributed by atoms with Gasteiger partial charge in [-0.2, -0.15) is 18.3 Å². The van der Waals surface area contributed by atoms with Gasteiger partial charge >= 0.3 is 12.1 Å². The molecule has 0 spiro atoms. The zero-order chi connectivity index (χ0) is 20.3. The molecular formula is C19H14F3N3O2S. The minimum absolute atomic E-state index is 0.0646. The van der Waals surface area contributed by atoms with Gasteiger partial charge < -0.3 is 4.74 Å². The average Bonchev–Trinajstić information content (AvgIpc) is 2.69. The number of ether oxygens (including phenoxy) is 1. The van der Waals surface area contributed by atoms with Gasteiger partial charge in [0.1, 0.15) is 5.03 Å². The van der Waals surface area contributed by atoms with Gasteiger partial charge in [0.25, 0.3) is 0 Å². The van der Waals surface area contributed by atoms with Crippen LogP contribution in [0.15, 0.2) is 58.5 Å². The Morgan fingerprint density at radius 2 is 1.82 bits per heavy atom. The van der Waals surface area contributed by atoms with E-state index < -0.39 is 17.7 Å². The van der Waals surface area contributed by atoms with Gasteiger partial charge in [-0.1, -0.05) is 36.0 Å². The number of hydrogen-bond donors (Lipinski definition) is 0. The van der Waals surface area contributed by atoms with Crippen molar-refractivity contribution in [3.8, 4) is 11.4 Å². The molecule has 0 bridgehead atoms. The van der Waals surface area contributed by atoms with Crippen molar-refractivity contribution in [1.82, 2.24) is 15.2 Å². The van der Waals surface area contributed by atoms with Gasteiger partial charge in [0.05, 0.1) is 23.9 Å². The molecule has 0 saturated heterocycles. The Balaban J connectivity index is 1.99. The molecule has 0 aliphatic carbocycles. The van der Waals surface area contributed by atoms with E-state index in [4.69, 9.17) is 4.74 Å². The lowest BCUT2D eigenvalue weighted by molar-refractivity contribution is -0.137. The molecule has 1 aromatic heterocycles. The van der Waals surface area contributed by atoms with E-state index in [2.05, 4.69) is 15.2 Å². The maximum atomic E-state index is 13.0. The molecule has 1 heterocycles. The van der Waals surface area contributed by atoms with Crippen molar-refractivity contribution in [1.29, 1.82) is 0 Å². The molecule has 3 aromatic rings. The van der Waals surface area contributed by atoms with Crippen LogP contribution in [0.4, 0.5) is 13.2 Å². The van der Waals surface area contributed by atoms with E-state index >= 15 is 0 Å². The van der Waals surface area contributed by atoms with Crippen molar-refractivity contribution in [3.63, 3.8) is 0 Å². The van der Waals surface area contributed by atoms with Crippen LogP contribution in [0.3, 0.4) is 0 Å². The first-order chi connectivity index (χ1) is 13.3. The molecule has 0 atom stereocenters. The first kappa shape index (κ1) is 19.8. The molecule has 0 aliphatic heterocycles. The van der Waals surface area contributed by atoms with E-state index in [0.29, 0.717) is 21.2 Å². The molecule has 0 aliphatic rings. The number of methoxy groups -OCH3 is 1. The predicted molar refractivity (Wildman–Crippen MR) is 96.9 cm³/mol. The number of hydrogen-bond acceptors (Lipinski definition) is 6. The highest BCUT2D eigenvalue weighted by molar-refractivity contribution is 7.99. The lowest BCUT2D eigenvalue weighted by Gasteiger charge is -2.10. The number of esters is 1. The average molecular weight is 405 g/mol. The summed E-state index contributed by atoms with van der Waals surface area (Å²) in [5.74, 6) is -0.435. The predicted octanol–water partition coefficient (Wildman–Crippen LogP) is 4.80. The summed E-state index contributed by atoms with van der Waals surface area (Å²) in [5, 5.41) is 8.35. The molecule has 0 fully saturated rings. The van der Waals surface area contributed by atoms with Crippen molar-refractivity contribution in [2.75, 3.05) is 7.11 Å². The third kappa shape index (κ3) is 4.30. The van der Waals surface area contributed by atoms with Gasteiger partial charge in [0.15, 0.2) is 5.82 Å². The summed E-state index contributed by atoms with van der Waals surface area (Å²) < 4.78 is 43.7. The summed E-state index contributed by atoms with van der Waals surface area (Å²) in [5.41, 5.74) is 0.249. The number of rotatable bonds is 4. The van der Waals surface area contributed by atoms with Gasteiger partial charge in [-0.05, 0) is 31.2 Å². The van der Waals surface area contributed by atoms with Crippen LogP contribution in [0.2, 0.25) is 0 Å². The second-order valence-corrected chi connectivity index (χ2v) is 6.72. The molecule has 28 heavy (non-hydrogen) atoms. The lowest BCUT2D eigenvalue weighted by Crippen LogP contribution is -2.06. The monoisotopic (exact) mass is 405 g/mol.